The number of nitrogens with zero attached hydrogens (tertiary/aromatic N) is 1. The Hall–Kier alpha value is -2.61. The molecule has 0 N–H and O–H groups in total. The van der Waals surface area contributed by atoms with Gasteiger partial charge < -0.3 is 5.21 Å². The monoisotopic (exact) mass is 289 g/mol. The Kier molecular flexibility index (Phi) is 4.19. The van der Waals surface area contributed by atoms with Crippen LogP contribution in [0.3, 0.4) is 0 Å². The fourth-order valence-corrected chi connectivity index (χ4v) is 2.74. The minimum absolute atomic E-state index is 0.340. The maximum Gasteiger partial charge on any atom is 0.226 e. The highest BCUT2D eigenvalue weighted by Gasteiger charge is 2.22. The molecule has 0 aliphatic carbocycles. The van der Waals surface area contributed by atoms with E-state index in [1.165, 1.54) is 0 Å². The molecule has 0 saturated carbocycles. The van der Waals surface area contributed by atoms with Gasteiger partial charge in [-0.15, -0.1) is 0 Å². The van der Waals surface area contributed by atoms with Crippen LogP contribution in [0.25, 0.3) is 6.08 Å². The Balaban J connectivity index is 2.12. The van der Waals surface area contributed by atoms with Gasteiger partial charge in [-0.3, -0.25) is 0 Å². The first-order chi connectivity index (χ1) is 10.7. The topological polar surface area (TPSA) is 26.1 Å². The van der Waals surface area contributed by atoms with Crippen molar-refractivity contribution >= 4 is 11.8 Å². The van der Waals surface area contributed by atoms with Crippen LogP contribution in [0.1, 0.15) is 24.5 Å². The second-order valence-electron chi connectivity index (χ2n) is 5.64. The summed E-state index contributed by atoms with van der Waals surface area (Å²) in [5, 5.41) is 12.5. The van der Waals surface area contributed by atoms with E-state index in [2.05, 4.69) is 25.1 Å². The van der Waals surface area contributed by atoms with Crippen molar-refractivity contribution < 1.29 is 4.74 Å². The van der Waals surface area contributed by atoms with E-state index < -0.39 is 0 Å². The van der Waals surface area contributed by atoms with E-state index in [0.717, 1.165) is 33.6 Å². The Morgan fingerprint density at radius 2 is 1.64 bits per heavy atom. The van der Waals surface area contributed by atoms with E-state index in [1.807, 2.05) is 54.6 Å². The Bertz CT molecular complexity index is 727. The Labute approximate surface area is 131 Å². The zero-order valence-corrected chi connectivity index (χ0v) is 12.6. The summed E-state index contributed by atoms with van der Waals surface area (Å²) in [6, 6.07) is 20.0. The van der Waals surface area contributed by atoms with Gasteiger partial charge in [0.15, 0.2) is 6.20 Å². The molecule has 0 saturated heterocycles. The van der Waals surface area contributed by atoms with Crippen LogP contribution >= 0.6 is 0 Å². The lowest BCUT2D eigenvalue weighted by Gasteiger charge is -2.11. The van der Waals surface area contributed by atoms with Gasteiger partial charge in [0.2, 0.25) is 5.71 Å². The molecule has 1 atom stereocenters. The minimum Gasteiger partial charge on any atom is -0.618 e. The van der Waals surface area contributed by atoms with Crippen LogP contribution in [0.15, 0.2) is 78.5 Å². The molecule has 0 fully saturated rings. The number of hydroxylamine groups is 1. The van der Waals surface area contributed by atoms with Crippen molar-refractivity contribution in [1.82, 2.24) is 0 Å². The number of benzene rings is 2. The molecule has 110 valence electrons. The molecule has 22 heavy (non-hydrogen) atoms. The summed E-state index contributed by atoms with van der Waals surface area (Å²) < 4.78 is 0.994. The third-order valence-electron chi connectivity index (χ3n) is 3.80. The first-order valence-electron chi connectivity index (χ1n) is 7.57. The number of hydrogen-bond acceptors (Lipinski definition) is 1. The summed E-state index contributed by atoms with van der Waals surface area (Å²) in [6.07, 6.45) is 6.59. The molecule has 1 aliphatic rings. The molecule has 1 aliphatic heterocycles. The van der Waals surface area contributed by atoms with Crippen LogP contribution in [0.4, 0.5) is 0 Å². The molecule has 0 bridgehead atoms. The van der Waals surface area contributed by atoms with Crippen molar-refractivity contribution in [3.63, 3.8) is 0 Å². The van der Waals surface area contributed by atoms with Crippen LogP contribution in [0, 0.1) is 11.1 Å². The van der Waals surface area contributed by atoms with Gasteiger partial charge in [0.05, 0.1) is 0 Å². The second-order valence-corrected chi connectivity index (χ2v) is 5.64. The summed E-state index contributed by atoms with van der Waals surface area (Å²) in [7, 11) is 0. The molecule has 2 aromatic carbocycles. The fourth-order valence-electron chi connectivity index (χ4n) is 2.74. The third-order valence-corrected chi connectivity index (χ3v) is 3.80. The highest BCUT2D eigenvalue weighted by Crippen LogP contribution is 2.24. The summed E-state index contributed by atoms with van der Waals surface area (Å²) in [5.74, 6) is 0.340. The SMILES string of the molecule is CC1C=C[N+]([O-])=C(c2ccccc2)/C(=C/c2ccccc2)C1. The number of allylic oxidation sites excluding steroid dienone is 2. The normalized spacial score (nSPS) is 20.2. The highest BCUT2D eigenvalue weighted by atomic mass is 16.5. The molecular weight excluding hydrogens is 270 g/mol. The lowest BCUT2D eigenvalue weighted by atomic mass is 9.93. The van der Waals surface area contributed by atoms with Gasteiger partial charge in [-0.1, -0.05) is 55.5 Å². The second kappa shape index (κ2) is 6.44. The lowest BCUT2D eigenvalue weighted by molar-refractivity contribution is -0.377. The van der Waals surface area contributed by atoms with Crippen molar-refractivity contribution in [2.45, 2.75) is 13.3 Å². The zero-order chi connectivity index (χ0) is 15.4. The van der Waals surface area contributed by atoms with Crippen LogP contribution < -0.4 is 0 Å². The van der Waals surface area contributed by atoms with Crippen LogP contribution in [-0.4, -0.2) is 10.5 Å². The Morgan fingerprint density at radius 1 is 1.00 bits per heavy atom. The fraction of sp³-hybridized carbons (Fsp3) is 0.150. The molecule has 2 heteroatoms. The average molecular weight is 289 g/mol. The van der Waals surface area contributed by atoms with Gasteiger partial charge in [-0.25, -0.2) is 0 Å². The minimum atomic E-state index is 0.340. The van der Waals surface area contributed by atoms with Gasteiger partial charge >= 0.3 is 0 Å². The van der Waals surface area contributed by atoms with E-state index in [-0.39, 0.29) is 0 Å². The van der Waals surface area contributed by atoms with Crippen LogP contribution in [0.2, 0.25) is 0 Å². The van der Waals surface area contributed by atoms with E-state index in [1.54, 1.807) is 6.20 Å². The predicted octanol–water partition coefficient (Wildman–Crippen LogP) is 4.62. The van der Waals surface area contributed by atoms with Gasteiger partial charge in [0, 0.05) is 11.1 Å². The van der Waals surface area contributed by atoms with E-state index in [0.29, 0.717) is 5.92 Å². The maximum atomic E-state index is 12.5. The summed E-state index contributed by atoms with van der Waals surface area (Å²) in [4.78, 5) is 0. The quantitative estimate of drug-likeness (QED) is 0.585. The van der Waals surface area contributed by atoms with Crippen molar-refractivity contribution in [2.75, 3.05) is 0 Å². The van der Waals surface area contributed by atoms with Crippen molar-refractivity contribution in [3.05, 3.63) is 94.8 Å². The molecule has 2 aromatic rings. The molecule has 0 aromatic heterocycles. The van der Waals surface area contributed by atoms with Gasteiger partial charge in [0.25, 0.3) is 0 Å². The van der Waals surface area contributed by atoms with Gasteiger partial charge in [-0.2, -0.15) is 4.74 Å². The molecule has 0 amide bonds. The zero-order valence-electron chi connectivity index (χ0n) is 12.6. The molecule has 3 rings (SSSR count). The largest absolute Gasteiger partial charge is 0.618 e. The molecule has 0 spiro atoms. The lowest BCUT2D eigenvalue weighted by Crippen LogP contribution is -2.15. The van der Waals surface area contributed by atoms with Gasteiger partial charge in [-0.05, 0) is 42.2 Å². The molecule has 1 heterocycles. The van der Waals surface area contributed by atoms with Crippen molar-refractivity contribution in [1.29, 1.82) is 0 Å². The summed E-state index contributed by atoms with van der Waals surface area (Å²) in [5.41, 5.74) is 3.89. The summed E-state index contributed by atoms with van der Waals surface area (Å²) >= 11 is 0. The number of rotatable bonds is 2. The first kappa shape index (κ1) is 14.3. The van der Waals surface area contributed by atoms with E-state index >= 15 is 0 Å². The van der Waals surface area contributed by atoms with E-state index in [4.69, 9.17) is 0 Å². The molecule has 2 nitrogen and oxygen atoms in total. The van der Waals surface area contributed by atoms with Gasteiger partial charge in [0.1, 0.15) is 0 Å². The maximum absolute atomic E-state index is 12.5. The van der Waals surface area contributed by atoms with Crippen LogP contribution in [0.5, 0.6) is 0 Å². The Morgan fingerprint density at radius 3 is 2.32 bits per heavy atom. The van der Waals surface area contributed by atoms with Crippen LogP contribution in [-0.2, 0) is 0 Å². The highest BCUT2D eigenvalue weighted by molar-refractivity contribution is 6.12. The van der Waals surface area contributed by atoms with Crippen molar-refractivity contribution in [2.24, 2.45) is 5.92 Å². The molecular formula is C20H19NO. The number of hydrogen-bond donors (Lipinski definition) is 0. The first-order valence-corrected chi connectivity index (χ1v) is 7.57. The predicted molar refractivity (Wildman–Crippen MR) is 91.5 cm³/mol. The molecule has 1 unspecified atom stereocenters. The average Bonchev–Trinajstić information content (AvgIpc) is 2.68. The summed E-state index contributed by atoms with van der Waals surface area (Å²) in [6.45, 7) is 2.14. The standard InChI is InChI=1S/C20H19NO/c1-16-12-13-21(22)20(18-10-6-3-7-11-18)19(14-16)15-17-8-4-2-5-9-17/h2-13,15-16H,14H2,1H3/b19-15+. The molecule has 0 radical (unpaired) electrons. The van der Waals surface area contributed by atoms with E-state index in [9.17, 15) is 5.21 Å². The smallest absolute Gasteiger partial charge is 0.226 e. The van der Waals surface area contributed by atoms with Crippen molar-refractivity contribution in [3.8, 4) is 0 Å². The third kappa shape index (κ3) is 3.17.